The Morgan fingerprint density at radius 3 is 2.77 bits per heavy atom. The molecule has 0 aliphatic heterocycles. The third-order valence-electron chi connectivity index (χ3n) is 3.15. The number of hydrogen-bond donors (Lipinski definition) is 2. The molecule has 0 saturated heterocycles. The monoisotopic (exact) mass is 184 g/mol. The largest absolute Gasteiger partial charge is 0.330 e. The molecule has 0 aromatic heterocycles. The van der Waals surface area contributed by atoms with Gasteiger partial charge in [0.2, 0.25) is 0 Å². The summed E-state index contributed by atoms with van der Waals surface area (Å²) >= 11 is 0. The molecule has 1 rings (SSSR count). The standard InChI is InChI=1S/C11H24N2/c1-10-6-3-2-4-7-11(10)13-9-5-8-12/h10-11,13H,2-9,12H2,1H3. The summed E-state index contributed by atoms with van der Waals surface area (Å²) in [6.07, 6.45) is 8.15. The lowest BCUT2D eigenvalue weighted by Crippen LogP contribution is -2.35. The molecule has 2 unspecified atom stereocenters. The first-order valence-corrected chi connectivity index (χ1v) is 5.78. The van der Waals surface area contributed by atoms with Crippen molar-refractivity contribution >= 4 is 0 Å². The van der Waals surface area contributed by atoms with Crippen LogP contribution < -0.4 is 11.1 Å². The van der Waals surface area contributed by atoms with Crippen LogP contribution in [0.2, 0.25) is 0 Å². The summed E-state index contributed by atoms with van der Waals surface area (Å²) in [6, 6.07) is 0.758. The summed E-state index contributed by atoms with van der Waals surface area (Å²) < 4.78 is 0. The van der Waals surface area contributed by atoms with E-state index in [-0.39, 0.29) is 0 Å². The maximum absolute atomic E-state index is 5.47. The number of rotatable bonds is 4. The second kappa shape index (κ2) is 6.39. The fourth-order valence-corrected chi connectivity index (χ4v) is 2.19. The highest BCUT2D eigenvalue weighted by Gasteiger charge is 2.18. The molecule has 1 saturated carbocycles. The topological polar surface area (TPSA) is 38.0 Å². The minimum atomic E-state index is 0.758. The molecular formula is C11H24N2. The fourth-order valence-electron chi connectivity index (χ4n) is 2.19. The van der Waals surface area contributed by atoms with Crippen molar-refractivity contribution in [2.45, 2.75) is 51.5 Å². The maximum Gasteiger partial charge on any atom is 0.00926 e. The molecule has 78 valence electrons. The van der Waals surface area contributed by atoms with Crippen LogP contribution in [-0.2, 0) is 0 Å². The van der Waals surface area contributed by atoms with Gasteiger partial charge in [-0.25, -0.2) is 0 Å². The van der Waals surface area contributed by atoms with Crippen LogP contribution in [0.4, 0.5) is 0 Å². The zero-order chi connectivity index (χ0) is 9.52. The molecular weight excluding hydrogens is 160 g/mol. The molecule has 0 aromatic rings. The SMILES string of the molecule is CC1CCCCCC1NCCCN. The summed E-state index contributed by atoms with van der Waals surface area (Å²) in [7, 11) is 0. The number of nitrogens with two attached hydrogens (primary N) is 1. The highest BCUT2D eigenvalue weighted by molar-refractivity contribution is 4.76. The van der Waals surface area contributed by atoms with Crippen molar-refractivity contribution in [3.05, 3.63) is 0 Å². The summed E-state index contributed by atoms with van der Waals surface area (Å²) in [5.41, 5.74) is 5.47. The Morgan fingerprint density at radius 2 is 2.00 bits per heavy atom. The Morgan fingerprint density at radius 1 is 1.23 bits per heavy atom. The van der Waals surface area contributed by atoms with Gasteiger partial charge >= 0.3 is 0 Å². The van der Waals surface area contributed by atoms with Gasteiger partial charge in [0, 0.05) is 6.04 Å². The van der Waals surface area contributed by atoms with Crippen LogP contribution >= 0.6 is 0 Å². The van der Waals surface area contributed by atoms with Crippen LogP contribution in [0.3, 0.4) is 0 Å². The van der Waals surface area contributed by atoms with Gasteiger partial charge in [-0.2, -0.15) is 0 Å². The molecule has 0 amide bonds. The van der Waals surface area contributed by atoms with Crippen LogP contribution in [0.1, 0.15) is 45.4 Å². The Kier molecular flexibility index (Phi) is 5.40. The van der Waals surface area contributed by atoms with E-state index in [1.165, 1.54) is 32.1 Å². The second-order valence-electron chi connectivity index (χ2n) is 4.32. The molecule has 3 N–H and O–H groups in total. The molecule has 2 heteroatoms. The third-order valence-corrected chi connectivity index (χ3v) is 3.15. The molecule has 0 radical (unpaired) electrons. The predicted octanol–water partition coefficient (Wildman–Crippen LogP) is 1.89. The summed E-state index contributed by atoms with van der Waals surface area (Å²) in [4.78, 5) is 0. The van der Waals surface area contributed by atoms with E-state index in [2.05, 4.69) is 12.2 Å². The van der Waals surface area contributed by atoms with Crippen LogP contribution in [0.5, 0.6) is 0 Å². The van der Waals surface area contributed by atoms with E-state index < -0.39 is 0 Å². The number of nitrogens with one attached hydrogen (secondary N) is 1. The van der Waals surface area contributed by atoms with Crippen LogP contribution in [0, 0.1) is 5.92 Å². The summed E-state index contributed by atoms with van der Waals surface area (Å²) in [5, 5.41) is 3.63. The first-order chi connectivity index (χ1) is 6.34. The molecule has 0 spiro atoms. The normalized spacial score (nSPS) is 30.0. The molecule has 1 aliphatic rings. The van der Waals surface area contributed by atoms with Gasteiger partial charge in [-0.1, -0.05) is 26.2 Å². The van der Waals surface area contributed by atoms with Crippen molar-refractivity contribution in [3.8, 4) is 0 Å². The third kappa shape index (κ3) is 4.10. The summed E-state index contributed by atoms with van der Waals surface area (Å²) in [6.45, 7) is 4.30. The van der Waals surface area contributed by atoms with Gasteiger partial charge in [0.1, 0.15) is 0 Å². The Labute approximate surface area is 82.3 Å². The van der Waals surface area contributed by atoms with Crippen molar-refractivity contribution in [2.24, 2.45) is 11.7 Å². The first kappa shape index (κ1) is 11.0. The second-order valence-corrected chi connectivity index (χ2v) is 4.32. The van der Waals surface area contributed by atoms with E-state index in [1.54, 1.807) is 0 Å². The average Bonchev–Trinajstić information content (AvgIpc) is 2.32. The zero-order valence-electron chi connectivity index (χ0n) is 8.89. The molecule has 2 nitrogen and oxygen atoms in total. The van der Waals surface area contributed by atoms with Gasteiger partial charge < -0.3 is 11.1 Å². The van der Waals surface area contributed by atoms with E-state index in [1.807, 2.05) is 0 Å². The lowest BCUT2D eigenvalue weighted by molar-refractivity contribution is 0.357. The average molecular weight is 184 g/mol. The predicted molar refractivity (Wildman–Crippen MR) is 57.7 cm³/mol. The highest BCUT2D eigenvalue weighted by Crippen LogP contribution is 2.22. The van der Waals surface area contributed by atoms with E-state index in [0.29, 0.717) is 0 Å². The fraction of sp³-hybridized carbons (Fsp3) is 1.00. The summed E-state index contributed by atoms with van der Waals surface area (Å²) in [5.74, 6) is 0.861. The Hall–Kier alpha value is -0.0800. The molecule has 0 heterocycles. The van der Waals surface area contributed by atoms with Crippen LogP contribution in [0.15, 0.2) is 0 Å². The quantitative estimate of drug-likeness (QED) is 0.517. The van der Waals surface area contributed by atoms with Crippen molar-refractivity contribution in [1.29, 1.82) is 0 Å². The van der Waals surface area contributed by atoms with Gasteiger partial charge in [-0.05, 0) is 38.3 Å². The zero-order valence-corrected chi connectivity index (χ0v) is 8.89. The number of hydrogen-bond acceptors (Lipinski definition) is 2. The van der Waals surface area contributed by atoms with Gasteiger partial charge in [-0.15, -0.1) is 0 Å². The van der Waals surface area contributed by atoms with Crippen molar-refractivity contribution in [1.82, 2.24) is 5.32 Å². The minimum absolute atomic E-state index is 0.758. The van der Waals surface area contributed by atoms with Gasteiger partial charge in [-0.3, -0.25) is 0 Å². The van der Waals surface area contributed by atoms with Crippen LogP contribution in [0.25, 0.3) is 0 Å². The minimum Gasteiger partial charge on any atom is -0.330 e. The van der Waals surface area contributed by atoms with E-state index in [4.69, 9.17) is 5.73 Å². The van der Waals surface area contributed by atoms with Crippen molar-refractivity contribution in [2.75, 3.05) is 13.1 Å². The van der Waals surface area contributed by atoms with Crippen LogP contribution in [-0.4, -0.2) is 19.1 Å². The lowest BCUT2D eigenvalue weighted by atomic mass is 9.97. The molecule has 1 fully saturated rings. The molecule has 13 heavy (non-hydrogen) atoms. The van der Waals surface area contributed by atoms with Crippen molar-refractivity contribution < 1.29 is 0 Å². The van der Waals surface area contributed by atoms with E-state index in [0.717, 1.165) is 31.5 Å². The first-order valence-electron chi connectivity index (χ1n) is 5.78. The molecule has 0 aromatic carbocycles. The molecule has 1 aliphatic carbocycles. The highest BCUT2D eigenvalue weighted by atomic mass is 14.9. The van der Waals surface area contributed by atoms with E-state index in [9.17, 15) is 0 Å². The van der Waals surface area contributed by atoms with Gasteiger partial charge in [0.15, 0.2) is 0 Å². The smallest absolute Gasteiger partial charge is 0.00926 e. The Balaban J connectivity index is 2.19. The van der Waals surface area contributed by atoms with E-state index >= 15 is 0 Å². The maximum atomic E-state index is 5.47. The lowest BCUT2D eigenvalue weighted by Gasteiger charge is -2.22. The molecule has 2 atom stereocenters. The Bertz CT molecular complexity index is 125. The van der Waals surface area contributed by atoms with Gasteiger partial charge in [0.05, 0.1) is 0 Å². The van der Waals surface area contributed by atoms with Gasteiger partial charge in [0.25, 0.3) is 0 Å². The van der Waals surface area contributed by atoms with Crippen molar-refractivity contribution in [3.63, 3.8) is 0 Å². The molecule has 0 bridgehead atoms.